The van der Waals surface area contributed by atoms with E-state index in [4.69, 9.17) is 10.8 Å². The van der Waals surface area contributed by atoms with Crippen LogP contribution in [0.3, 0.4) is 0 Å². The first-order chi connectivity index (χ1) is 15.1. The number of hydrogen-bond donors (Lipinski definition) is 2. The Morgan fingerprint density at radius 3 is 2.71 bits per heavy atom. The lowest BCUT2D eigenvalue weighted by atomic mass is 9.83. The van der Waals surface area contributed by atoms with E-state index in [-0.39, 0.29) is 17.6 Å². The molecule has 2 aliphatic carbocycles. The maximum Gasteiger partial charge on any atom is 0.164 e. The third kappa shape index (κ3) is 2.95. The molecular formula is C24H22FN5O. The zero-order valence-electron chi connectivity index (χ0n) is 16.9. The molecule has 7 heteroatoms. The molecule has 31 heavy (non-hydrogen) atoms. The largest absolute Gasteiger partial charge is 0.508 e. The van der Waals surface area contributed by atoms with Crippen LogP contribution in [0.5, 0.6) is 5.75 Å². The van der Waals surface area contributed by atoms with Crippen molar-refractivity contribution in [2.45, 2.75) is 44.1 Å². The first-order valence-corrected chi connectivity index (χ1v) is 10.7. The standard InChI is InChI=1S/C24H22FN5O/c25-15-9-14(10-16(31)11-15)22-21-23(26)27-12-28-24(21)30(29-22)20-6-2-4-18-17(13-7-8-13)3-1-5-19(18)20/h1,3,5,9-13,20,31H,2,4,6-8H2,(H2,26,27,28). The fraction of sp³-hybridized carbons (Fsp3) is 0.292. The molecule has 1 fully saturated rings. The molecule has 1 saturated carbocycles. The summed E-state index contributed by atoms with van der Waals surface area (Å²) in [7, 11) is 0. The number of aromatic nitrogens is 4. The molecule has 2 heterocycles. The SMILES string of the molecule is Nc1ncnc2c1c(-c1cc(O)cc(F)c1)nn2C1CCCc2c(C3CC3)cccc21. The van der Waals surface area contributed by atoms with Gasteiger partial charge in [-0.25, -0.2) is 19.0 Å². The molecule has 2 aromatic carbocycles. The van der Waals surface area contributed by atoms with Crippen molar-refractivity contribution in [3.05, 3.63) is 65.2 Å². The fourth-order valence-electron chi connectivity index (χ4n) is 5.01. The number of fused-ring (bicyclic) bond motifs is 2. The number of halogens is 1. The molecule has 4 aromatic rings. The monoisotopic (exact) mass is 415 g/mol. The summed E-state index contributed by atoms with van der Waals surface area (Å²) in [6.07, 6.45) is 7.06. The normalized spacial score (nSPS) is 18.3. The van der Waals surface area contributed by atoms with Crippen molar-refractivity contribution >= 4 is 16.9 Å². The van der Waals surface area contributed by atoms with Crippen molar-refractivity contribution < 1.29 is 9.50 Å². The number of rotatable bonds is 3. The van der Waals surface area contributed by atoms with E-state index in [1.165, 1.54) is 48.0 Å². The molecule has 3 N–H and O–H groups in total. The van der Waals surface area contributed by atoms with Crippen molar-refractivity contribution in [2.24, 2.45) is 0 Å². The van der Waals surface area contributed by atoms with Crippen LogP contribution in [0.1, 0.15) is 54.3 Å². The Labute approximate surface area is 178 Å². The van der Waals surface area contributed by atoms with E-state index in [0.717, 1.165) is 25.3 Å². The minimum absolute atomic E-state index is 0.0233. The Morgan fingerprint density at radius 1 is 1.06 bits per heavy atom. The second-order valence-electron chi connectivity index (χ2n) is 8.55. The highest BCUT2D eigenvalue weighted by molar-refractivity contribution is 5.98. The van der Waals surface area contributed by atoms with E-state index in [2.05, 4.69) is 28.2 Å². The minimum atomic E-state index is -0.537. The van der Waals surface area contributed by atoms with Crippen LogP contribution < -0.4 is 5.73 Å². The van der Waals surface area contributed by atoms with Crippen molar-refractivity contribution in [3.8, 4) is 17.0 Å². The van der Waals surface area contributed by atoms with Gasteiger partial charge >= 0.3 is 0 Å². The van der Waals surface area contributed by atoms with Crippen molar-refractivity contribution in [3.63, 3.8) is 0 Å². The van der Waals surface area contributed by atoms with Gasteiger partial charge in [0.05, 0.1) is 11.4 Å². The Kier molecular flexibility index (Phi) is 4.00. The average molecular weight is 415 g/mol. The van der Waals surface area contributed by atoms with Crippen LogP contribution in [-0.2, 0) is 6.42 Å². The van der Waals surface area contributed by atoms with Gasteiger partial charge in [0.1, 0.15) is 29.4 Å². The predicted molar refractivity (Wildman–Crippen MR) is 116 cm³/mol. The summed E-state index contributed by atoms with van der Waals surface area (Å²) in [6.45, 7) is 0. The van der Waals surface area contributed by atoms with Gasteiger partial charge in [-0.15, -0.1) is 0 Å². The Bertz CT molecular complexity index is 1310. The Balaban J connectivity index is 1.57. The molecule has 0 aliphatic heterocycles. The van der Waals surface area contributed by atoms with Crippen LogP contribution in [0, 0.1) is 5.82 Å². The lowest BCUT2D eigenvalue weighted by Gasteiger charge is -2.28. The summed E-state index contributed by atoms with van der Waals surface area (Å²) in [5.74, 6) is 0.278. The summed E-state index contributed by atoms with van der Waals surface area (Å²) in [5.41, 5.74) is 12.0. The van der Waals surface area contributed by atoms with E-state index in [9.17, 15) is 9.50 Å². The van der Waals surface area contributed by atoms with Crippen LogP contribution in [0.4, 0.5) is 10.2 Å². The van der Waals surface area contributed by atoms with Crippen LogP contribution >= 0.6 is 0 Å². The number of aromatic hydroxyl groups is 1. The number of nitrogen functional groups attached to an aromatic ring is 1. The van der Waals surface area contributed by atoms with Crippen LogP contribution in [0.15, 0.2) is 42.7 Å². The van der Waals surface area contributed by atoms with Crippen molar-refractivity contribution in [1.29, 1.82) is 0 Å². The van der Waals surface area contributed by atoms with Crippen LogP contribution in [-0.4, -0.2) is 24.9 Å². The maximum absolute atomic E-state index is 14.0. The van der Waals surface area contributed by atoms with E-state index < -0.39 is 5.82 Å². The number of hydrogen-bond acceptors (Lipinski definition) is 5. The van der Waals surface area contributed by atoms with E-state index in [1.54, 1.807) is 0 Å². The summed E-state index contributed by atoms with van der Waals surface area (Å²) < 4.78 is 16.0. The van der Waals surface area contributed by atoms with Crippen molar-refractivity contribution in [1.82, 2.24) is 19.7 Å². The third-order valence-corrected chi connectivity index (χ3v) is 6.50. The van der Waals surface area contributed by atoms with Gasteiger partial charge in [0.25, 0.3) is 0 Å². The molecule has 0 spiro atoms. The minimum Gasteiger partial charge on any atom is -0.508 e. The summed E-state index contributed by atoms with van der Waals surface area (Å²) in [4.78, 5) is 8.65. The molecule has 156 valence electrons. The van der Waals surface area contributed by atoms with Gasteiger partial charge in [-0.05, 0) is 66.8 Å². The maximum atomic E-state index is 14.0. The second-order valence-corrected chi connectivity index (χ2v) is 8.55. The Morgan fingerprint density at radius 2 is 1.90 bits per heavy atom. The van der Waals surface area contributed by atoms with Gasteiger partial charge < -0.3 is 10.8 Å². The number of nitrogens with two attached hydrogens (primary N) is 1. The van der Waals surface area contributed by atoms with Gasteiger partial charge in [0.15, 0.2) is 5.65 Å². The topological polar surface area (TPSA) is 89.8 Å². The zero-order chi connectivity index (χ0) is 21.1. The van der Waals surface area contributed by atoms with E-state index in [0.29, 0.717) is 28.2 Å². The smallest absolute Gasteiger partial charge is 0.164 e. The van der Waals surface area contributed by atoms with Gasteiger partial charge in [0, 0.05) is 11.6 Å². The number of phenols is 1. The zero-order valence-corrected chi connectivity index (χ0v) is 16.9. The molecule has 1 unspecified atom stereocenters. The third-order valence-electron chi connectivity index (χ3n) is 6.50. The number of anilines is 1. The average Bonchev–Trinajstić information content (AvgIpc) is 3.52. The molecule has 1 atom stereocenters. The van der Waals surface area contributed by atoms with E-state index in [1.807, 2.05) is 4.68 Å². The molecular weight excluding hydrogens is 393 g/mol. The molecule has 6 rings (SSSR count). The number of nitrogens with zero attached hydrogens (tertiary/aromatic N) is 4. The van der Waals surface area contributed by atoms with Crippen LogP contribution in [0.2, 0.25) is 0 Å². The molecule has 2 aliphatic rings. The Hall–Kier alpha value is -3.48. The molecule has 0 radical (unpaired) electrons. The highest BCUT2D eigenvalue weighted by atomic mass is 19.1. The van der Waals surface area contributed by atoms with Gasteiger partial charge in [0.2, 0.25) is 0 Å². The molecule has 0 bridgehead atoms. The highest BCUT2D eigenvalue weighted by Crippen LogP contribution is 2.46. The molecule has 2 aromatic heterocycles. The summed E-state index contributed by atoms with van der Waals surface area (Å²) in [6, 6.07) is 10.5. The molecule has 0 amide bonds. The lowest BCUT2D eigenvalue weighted by Crippen LogP contribution is -2.20. The number of benzene rings is 2. The number of phenolic OH excluding ortho intramolecular Hbond substituents is 1. The van der Waals surface area contributed by atoms with Crippen molar-refractivity contribution in [2.75, 3.05) is 5.73 Å². The summed E-state index contributed by atoms with van der Waals surface area (Å²) in [5, 5.41) is 15.4. The first-order valence-electron chi connectivity index (χ1n) is 10.7. The predicted octanol–water partition coefficient (Wildman–Crippen LogP) is 4.72. The quantitative estimate of drug-likeness (QED) is 0.505. The molecule has 6 nitrogen and oxygen atoms in total. The first kappa shape index (κ1) is 18.3. The fourth-order valence-corrected chi connectivity index (χ4v) is 5.01. The van der Waals surface area contributed by atoms with Gasteiger partial charge in [-0.3, -0.25) is 0 Å². The second kappa shape index (κ2) is 6.77. The molecule has 0 saturated heterocycles. The highest BCUT2D eigenvalue weighted by Gasteiger charge is 2.32. The van der Waals surface area contributed by atoms with E-state index >= 15 is 0 Å². The lowest BCUT2D eigenvalue weighted by molar-refractivity contribution is 0.459. The van der Waals surface area contributed by atoms with Crippen LogP contribution in [0.25, 0.3) is 22.3 Å². The van der Waals surface area contributed by atoms with Gasteiger partial charge in [-0.2, -0.15) is 5.10 Å². The summed E-state index contributed by atoms with van der Waals surface area (Å²) >= 11 is 0. The van der Waals surface area contributed by atoms with Gasteiger partial charge in [-0.1, -0.05) is 18.2 Å².